The van der Waals surface area contributed by atoms with E-state index in [4.69, 9.17) is 11.6 Å². The zero-order chi connectivity index (χ0) is 10.1. The lowest BCUT2D eigenvalue weighted by Crippen LogP contribution is -2.17. The molecule has 0 aliphatic carbocycles. The second-order valence-corrected chi connectivity index (χ2v) is 6.23. The Labute approximate surface area is 96.5 Å². The molecular weight excluding hydrogens is 326 g/mol. The van der Waals surface area contributed by atoms with Gasteiger partial charge in [0.15, 0.2) is 3.23 Å². The third-order valence-electron chi connectivity index (χ3n) is 1.45. The summed E-state index contributed by atoms with van der Waals surface area (Å²) in [7, 11) is 0. The lowest BCUT2D eigenvalue weighted by atomic mass is 10.2. The fraction of sp³-hybridized carbons (Fsp3) is 0.125. The Kier molecular flexibility index (Phi) is 3.49. The molecule has 0 aromatic heterocycles. The van der Waals surface area contributed by atoms with Crippen molar-refractivity contribution in [1.29, 1.82) is 0 Å². The molecule has 0 saturated heterocycles. The summed E-state index contributed by atoms with van der Waals surface area (Å²) in [6, 6.07) is 4.77. The van der Waals surface area contributed by atoms with Crippen LogP contribution in [0.2, 0.25) is 5.02 Å². The molecular formula is C8H4Br2ClFO. The van der Waals surface area contributed by atoms with Crippen molar-refractivity contribution < 1.29 is 9.18 Å². The van der Waals surface area contributed by atoms with Crippen LogP contribution in [-0.2, 0) is 8.03 Å². The van der Waals surface area contributed by atoms with Crippen LogP contribution in [0.15, 0.2) is 24.3 Å². The Morgan fingerprint density at radius 1 is 1.31 bits per heavy atom. The Morgan fingerprint density at radius 3 is 2.15 bits per heavy atom. The average Bonchev–Trinajstić information content (AvgIpc) is 2.04. The van der Waals surface area contributed by atoms with Gasteiger partial charge in [-0.3, -0.25) is 4.79 Å². The predicted octanol–water partition coefficient (Wildman–Crippen LogP) is 3.78. The molecule has 0 saturated carbocycles. The van der Waals surface area contributed by atoms with E-state index in [1.165, 1.54) is 0 Å². The molecule has 0 aliphatic heterocycles. The summed E-state index contributed by atoms with van der Waals surface area (Å²) in [4.78, 5) is 10.6. The van der Waals surface area contributed by atoms with Gasteiger partial charge in [-0.1, -0.05) is 55.6 Å². The lowest BCUT2D eigenvalue weighted by molar-refractivity contribution is -0.129. The molecule has 1 rings (SSSR count). The van der Waals surface area contributed by atoms with Crippen molar-refractivity contribution in [2.45, 2.75) is 3.23 Å². The van der Waals surface area contributed by atoms with E-state index in [1.54, 1.807) is 24.3 Å². The quantitative estimate of drug-likeness (QED) is 0.596. The Bertz CT molecular complexity index is 323. The van der Waals surface area contributed by atoms with Crippen LogP contribution in [0.1, 0.15) is 5.56 Å². The Hall–Kier alpha value is 0.0700. The maximum absolute atomic E-state index is 12.5. The molecule has 0 N–H and O–H groups in total. The van der Waals surface area contributed by atoms with E-state index >= 15 is 0 Å². The highest BCUT2D eigenvalue weighted by Crippen LogP contribution is 2.39. The van der Waals surface area contributed by atoms with Crippen molar-refractivity contribution in [2.24, 2.45) is 0 Å². The maximum Gasteiger partial charge on any atom is 0.333 e. The fourth-order valence-corrected chi connectivity index (χ4v) is 1.43. The van der Waals surface area contributed by atoms with Crippen molar-refractivity contribution in [3.8, 4) is 0 Å². The van der Waals surface area contributed by atoms with Crippen LogP contribution in [0.25, 0.3) is 0 Å². The van der Waals surface area contributed by atoms with Gasteiger partial charge in [-0.15, -0.1) is 0 Å². The summed E-state index contributed by atoms with van der Waals surface area (Å²) in [5.74, 6) is 0. The molecule has 0 amide bonds. The zero-order valence-electron chi connectivity index (χ0n) is 6.23. The molecule has 1 nitrogen and oxygen atoms in total. The fourth-order valence-electron chi connectivity index (χ4n) is 0.773. The number of carbonyl (C=O) groups is 1. The molecule has 1 aromatic rings. The molecule has 13 heavy (non-hydrogen) atoms. The van der Waals surface area contributed by atoms with E-state index < -0.39 is 9.27 Å². The first-order valence-electron chi connectivity index (χ1n) is 3.28. The Balaban J connectivity index is 3.08. The van der Waals surface area contributed by atoms with Crippen LogP contribution >= 0.6 is 43.5 Å². The maximum atomic E-state index is 12.5. The molecule has 5 heteroatoms. The second-order valence-electron chi connectivity index (χ2n) is 2.35. The van der Waals surface area contributed by atoms with E-state index in [2.05, 4.69) is 31.9 Å². The molecule has 0 spiro atoms. The average molecular weight is 330 g/mol. The minimum Gasteiger partial charge on any atom is -0.258 e. The van der Waals surface area contributed by atoms with Crippen LogP contribution in [0, 0.1) is 0 Å². The first kappa shape index (κ1) is 11.1. The highest BCUT2D eigenvalue weighted by atomic mass is 79.9. The van der Waals surface area contributed by atoms with Crippen molar-refractivity contribution >= 4 is 49.5 Å². The van der Waals surface area contributed by atoms with Crippen molar-refractivity contribution in [1.82, 2.24) is 0 Å². The minimum absolute atomic E-state index is 0.462. The van der Waals surface area contributed by atoms with Crippen LogP contribution in [0.5, 0.6) is 0 Å². The van der Waals surface area contributed by atoms with Gasteiger partial charge in [0.1, 0.15) is 0 Å². The van der Waals surface area contributed by atoms with E-state index in [0.29, 0.717) is 10.6 Å². The number of alkyl halides is 2. The molecule has 0 heterocycles. The summed E-state index contributed by atoms with van der Waals surface area (Å²) < 4.78 is 11.0. The highest BCUT2D eigenvalue weighted by Gasteiger charge is 2.34. The molecule has 1 aromatic carbocycles. The number of benzene rings is 1. The van der Waals surface area contributed by atoms with E-state index in [9.17, 15) is 9.18 Å². The predicted molar refractivity (Wildman–Crippen MR) is 57.1 cm³/mol. The standard InChI is InChI=1S/C8H4Br2ClFO/c9-8(10,7(12)13)5-1-3-6(11)4-2-5/h1-4H. The van der Waals surface area contributed by atoms with Gasteiger partial charge in [0.2, 0.25) is 0 Å². The molecule has 0 radical (unpaired) electrons. The normalized spacial score (nSPS) is 11.4. The van der Waals surface area contributed by atoms with Gasteiger partial charge in [-0.2, -0.15) is 4.39 Å². The summed E-state index contributed by atoms with van der Waals surface area (Å²) in [5, 5.41) is 0.533. The van der Waals surface area contributed by atoms with E-state index in [0.717, 1.165) is 0 Å². The van der Waals surface area contributed by atoms with Crippen molar-refractivity contribution in [2.75, 3.05) is 0 Å². The van der Waals surface area contributed by atoms with Crippen molar-refractivity contribution in [3.63, 3.8) is 0 Å². The smallest absolute Gasteiger partial charge is 0.258 e. The monoisotopic (exact) mass is 328 g/mol. The molecule has 0 atom stereocenters. The summed E-state index contributed by atoms with van der Waals surface area (Å²) in [6.07, 6.45) is 0. The molecule has 0 bridgehead atoms. The third kappa shape index (κ3) is 2.51. The van der Waals surface area contributed by atoms with Gasteiger partial charge in [-0.25, -0.2) is 0 Å². The van der Waals surface area contributed by atoms with Gasteiger partial charge < -0.3 is 0 Å². The van der Waals surface area contributed by atoms with Crippen LogP contribution in [0.4, 0.5) is 4.39 Å². The van der Waals surface area contributed by atoms with E-state index in [1.807, 2.05) is 0 Å². The van der Waals surface area contributed by atoms with Crippen LogP contribution in [0.3, 0.4) is 0 Å². The van der Waals surface area contributed by atoms with Gasteiger partial charge in [-0.05, 0) is 17.7 Å². The van der Waals surface area contributed by atoms with Gasteiger partial charge in [0.25, 0.3) is 0 Å². The summed E-state index contributed by atoms with van der Waals surface area (Å²) >= 11 is 11.5. The SMILES string of the molecule is O=C(F)C(Br)(Br)c1ccc(Cl)cc1. The number of carbonyl (C=O) groups excluding carboxylic acids is 1. The summed E-state index contributed by atoms with van der Waals surface area (Å²) in [5.41, 5.74) is 0.462. The Morgan fingerprint density at radius 2 is 1.77 bits per heavy atom. The minimum atomic E-state index is -1.50. The first-order chi connectivity index (χ1) is 5.94. The van der Waals surface area contributed by atoms with Gasteiger partial charge >= 0.3 is 6.04 Å². The summed E-state index contributed by atoms with van der Waals surface area (Å²) in [6.45, 7) is 0. The number of halogens is 4. The molecule has 0 unspecified atom stereocenters. The highest BCUT2D eigenvalue weighted by molar-refractivity contribution is 9.25. The number of rotatable bonds is 2. The van der Waals surface area contributed by atoms with E-state index in [-0.39, 0.29) is 0 Å². The number of hydrogen-bond donors (Lipinski definition) is 0. The third-order valence-corrected chi connectivity index (χ3v) is 3.24. The topological polar surface area (TPSA) is 17.1 Å². The largest absolute Gasteiger partial charge is 0.333 e. The lowest BCUT2D eigenvalue weighted by Gasteiger charge is -2.14. The van der Waals surface area contributed by atoms with Gasteiger partial charge in [0.05, 0.1) is 0 Å². The molecule has 70 valence electrons. The van der Waals surface area contributed by atoms with Crippen LogP contribution < -0.4 is 0 Å². The molecule has 0 aliphatic rings. The molecule has 0 fully saturated rings. The first-order valence-corrected chi connectivity index (χ1v) is 5.25. The second kappa shape index (κ2) is 4.07. The van der Waals surface area contributed by atoms with Gasteiger partial charge in [0, 0.05) is 5.02 Å². The van der Waals surface area contributed by atoms with Crippen molar-refractivity contribution in [3.05, 3.63) is 34.9 Å². The van der Waals surface area contributed by atoms with Crippen LogP contribution in [-0.4, -0.2) is 6.04 Å². The number of hydrogen-bond acceptors (Lipinski definition) is 1. The zero-order valence-corrected chi connectivity index (χ0v) is 10.2.